The van der Waals surface area contributed by atoms with Crippen LogP contribution in [0.4, 0.5) is 0 Å². The van der Waals surface area contributed by atoms with Crippen LogP contribution in [0, 0.1) is 6.92 Å². The molecule has 1 fully saturated rings. The Morgan fingerprint density at radius 3 is 2.77 bits per heavy atom. The van der Waals surface area contributed by atoms with Crippen LogP contribution in [0.15, 0.2) is 18.3 Å². The molecule has 1 aliphatic carbocycles. The molecule has 0 radical (unpaired) electrons. The van der Waals surface area contributed by atoms with Crippen molar-refractivity contribution < 1.29 is 4.74 Å². The summed E-state index contributed by atoms with van der Waals surface area (Å²) in [6, 6.07) is 4.62. The Kier molecular flexibility index (Phi) is 4.67. The molecular weight excluding hydrogens is 274 g/mol. The molecule has 1 aromatic heterocycles. The van der Waals surface area contributed by atoms with E-state index in [9.17, 15) is 0 Å². The molecule has 0 bridgehead atoms. The van der Waals surface area contributed by atoms with Crippen molar-refractivity contribution in [3.05, 3.63) is 23.9 Å². The molecule has 1 heterocycles. The van der Waals surface area contributed by atoms with Crippen molar-refractivity contribution in [1.82, 2.24) is 9.78 Å². The van der Waals surface area contributed by atoms with Gasteiger partial charge in [-0.25, -0.2) is 0 Å². The number of hydrogen-bond acceptors (Lipinski definition) is 3. The number of hydrogen-bond donors (Lipinski definition) is 1. The highest BCUT2D eigenvalue weighted by Gasteiger charge is 2.21. The summed E-state index contributed by atoms with van der Waals surface area (Å²) in [5.41, 5.74) is 8.39. The lowest BCUT2D eigenvalue weighted by atomic mass is 9.93. The lowest BCUT2D eigenvalue weighted by Gasteiger charge is -2.27. The van der Waals surface area contributed by atoms with Crippen molar-refractivity contribution in [2.75, 3.05) is 0 Å². The SMILES string of the molecule is CCCCn1ncc2c(C)c(O[C@H]3CC[C@@H](N)CC3)ccc21. The van der Waals surface area contributed by atoms with Crippen molar-refractivity contribution in [3.63, 3.8) is 0 Å². The van der Waals surface area contributed by atoms with Gasteiger partial charge in [-0.05, 0) is 51.2 Å². The molecule has 0 aliphatic heterocycles. The molecule has 0 unspecified atom stereocenters. The van der Waals surface area contributed by atoms with Crippen LogP contribution in [-0.4, -0.2) is 21.9 Å². The third-order valence-corrected chi connectivity index (χ3v) is 4.78. The molecule has 0 atom stereocenters. The zero-order chi connectivity index (χ0) is 15.5. The fraction of sp³-hybridized carbons (Fsp3) is 0.611. The molecule has 4 nitrogen and oxygen atoms in total. The van der Waals surface area contributed by atoms with E-state index < -0.39 is 0 Å². The van der Waals surface area contributed by atoms with Gasteiger partial charge in [-0.15, -0.1) is 0 Å². The average Bonchev–Trinajstić information content (AvgIpc) is 2.94. The topological polar surface area (TPSA) is 53.1 Å². The molecule has 1 aromatic carbocycles. The van der Waals surface area contributed by atoms with E-state index in [0.717, 1.165) is 44.4 Å². The fourth-order valence-corrected chi connectivity index (χ4v) is 3.27. The van der Waals surface area contributed by atoms with Crippen LogP contribution in [-0.2, 0) is 6.54 Å². The summed E-state index contributed by atoms with van der Waals surface area (Å²) in [4.78, 5) is 0. The first-order valence-electron chi connectivity index (χ1n) is 8.56. The summed E-state index contributed by atoms with van der Waals surface area (Å²) in [5, 5.41) is 5.75. The maximum atomic E-state index is 6.24. The van der Waals surface area contributed by atoms with Gasteiger partial charge in [-0.3, -0.25) is 4.68 Å². The molecule has 0 amide bonds. The van der Waals surface area contributed by atoms with E-state index in [4.69, 9.17) is 10.5 Å². The minimum absolute atomic E-state index is 0.311. The molecule has 22 heavy (non-hydrogen) atoms. The smallest absolute Gasteiger partial charge is 0.123 e. The highest BCUT2D eigenvalue weighted by molar-refractivity contribution is 5.84. The van der Waals surface area contributed by atoms with E-state index in [-0.39, 0.29) is 0 Å². The summed E-state index contributed by atoms with van der Waals surface area (Å²) in [6.07, 6.45) is 8.90. The second-order valence-electron chi connectivity index (χ2n) is 6.50. The van der Waals surface area contributed by atoms with Crippen LogP contribution in [0.5, 0.6) is 5.75 Å². The van der Waals surface area contributed by atoms with E-state index in [2.05, 4.69) is 35.8 Å². The standard InChI is InChI=1S/C18H27N3O/c1-3-4-11-21-17-9-10-18(13(2)16(17)12-20-21)22-15-7-5-14(19)6-8-15/h9-10,12,14-15H,3-8,11,19H2,1-2H3/t14-,15+. The first kappa shape index (κ1) is 15.3. The normalized spacial score (nSPS) is 22.1. The van der Waals surface area contributed by atoms with E-state index in [1.807, 2.05) is 6.20 Å². The number of fused-ring (bicyclic) bond motifs is 1. The summed E-state index contributed by atoms with van der Waals surface area (Å²) in [7, 11) is 0. The first-order valence-corrected chi connectivity index (χ1v) is 8.56. The minimum Gasteiger partial charge on any atom is -0.490 e. The number of aryl methyl sites for hydroxylation is 2. The Labute approximate surface area is 132 Å². The monoisotopic (exact) mass is 301 g/mol. The zero-order valence-corrected chi connectivity index (χ0v) is 13.7. The van der Waals surface area contributed by atoms with Crippen LogP contribution in [0.3, 0.4) is 0 Å². The molecule has 2 N–H and O–H groups in total. The Hall–Kier alpha value is -1.55. The first-order chi connectivity index (χ1) is 10.7. The number of rotatable bonds is 5. The second kappa shape index (κ2) is 6.69. The Morgan fingerprint density at radius 1 is 1.27 bits per heavy atom. The van der Waals surface area contributed by atoms with Crippen LogP contribution < -0.4 is 10.5 Å². The lowest BCUT2D eigenvalue weighted by molar-refractivity contribution is 0.146. The van der Waals surface area contributed by atoms with Gasteiger partial charge in [-0.1, -0.05) is 13.3 Å². The van der Waals surface area contributed by atoms with E-state index in [1.54, 1.807) is 0 Å². The molecule has 1 aliphatic rings. The summed E-state index contributed by atoms with van der Waals surface area (Å²) >= 11 is 0. The van der Waals surface area contributed by atoms with E-state index >= 15 is 0 Å². The van der Waals surface area contributed by atoms with Crippen LogP contribution >= 0.6 is 0 Å². The molecule has 4 heteroatoms. The number of unbranched alkanes of at least 4 members (excludes halogenated alkanes) is 1. The van der Waals surface area contributed by atoms with Gasteiger partial charge in [0.1, 0.15) is 5.75 Å². The van der Waals surface area contributed by atoms with Gasteiger partial charge in [0.15, 0.2) is 0 Å². The van der Waals surface area contributed by atoms with Crippen molar-refractivity contribution in [1.29, 1.82) is 0 Å². The average molecular weight is 301 g/mol. The number of nitrogens with zero attached hydrogens (tertiary/aromatic N) is 2. The van der Waals surface area contributed by atoms with Gasteiger partial charge in [-0.2, -0.15) is 5.10 Å². The highest BCUT2D eigenvalue weighted by Crippen LogP contribution is 2.30. The van der Waals surface area contributed by atoms with Crippen molar-refractivity contribution in [2.45, 2.75) is 71.1 Å². The van der Waals surface area contributed by atoms with Gasteiger partial charge in [0, 0.05) is 23.5 Å². The predicted molar refractivity (Wildman–Crippen MR) is 90.2 cm³/mol. The largest absolute Gasteiger partial charge is 0.490 e. The van der Waals surface area contributed by atoms with Crippen LogP contribution in [0.1, 0.15) is 51.0 Å². The van der Waals surface area contributed by atoms with Crippen molar-refractivity contribution in [2.24, 2.45) is 5.73 Å². The van der Waals surface area contributed by atoms with Crippen LogP contribution in [0.2, 0.25) is 0 Å². The molecule has 3 rings (SSSR count). The maximum absolute atomic E-state index is 6.24. The summed E-state index contributed by atoms with van der Waals surface area (Å²) < 4.78 is 8.35. The number of nitrogens with two attached hydrogens (primary N) is 1. The Bertz CT molecular complexity index is 627. The predicted octanol–water partition coefficient (Wildman–Crippen LogP) is 3.79. The second-order valence-corrected chi connectivity index (χ2v) is 6.50. The van der Waals surface area contributed by atoms with Gasteiger partial charge in [0.05, 0.1) is 17.8 Å². The molecule has 0 saturated heterocycles. The van der Waals surface area contributed by atoms with Crippen molar-refractivity contribution >= 4 is 10.9 Å². The molecule has 1 saturated carbocycles. The fourth-order valence-electron chi connectivity index (χ4n) is 3.27. The third-order valence-electron chi connectivity index (χ3n) is 4.78. The highest BCUT2D eigenvalue weighted by atomic mass is 16.5. The molecule has 120 valence electrons. The quantitative estimate of drug-likeness (QED) is 0.914. The number of benzene rings is 1. The summed E-state index contributed by atoms with van der Waals surface area (Å²) in [5.74, 6) is 1.00. The van der Waals surface area contributed by atoms with Crippen LogP contribution in [0.25, 0.3) is 10.9 Å². The number of aromatic nitrogens is 2. The molecular formula is C18H27N3O. The van der Waals surface area contributed by atoms with Gasteiger partial charge in [0.2, 0.25) is 0 Å². The zero-order valence-electron chi connectivity index (χ0n) is 13.7. The number of ether oxygens (including phenoxy) is 1. The van der Waals surface area contributed by atoms with E-state index in [0.29, 0.717) is 12.1 Å². The van der Waals surface area contributed by atoms with Crippen molar-refractivity contribution in [3.8, 4) is 5.75 Å². The van der Waals surface area contributed by atoms with Gasteiger partial charge < -0.3 is 10.5 Å². The lowest BCUT2D eigenvalue weighted by Crippen LogP contribution is -2.31. The third kappa shape index (κ3) is 3.12. The van der Waals surface area contributed by atoms with E-state index in [1.165, 1.54) is 22.9 Å². The minimum atomic E-state index is 0.311. The Morgan fingerprint density at radius 2 is 2.05 bits per heavy atom. The molecule has 0 spiro atoms. The van der Waals surface area contributed by atoms with Gasteiger partial charge in [0.25, 0.3) is 0 Å². The Balaban J connectivity index is 1.78. The molecule has 2 aromatic rings. The summed E-state index contributed by atoms with van der Waals surface area (Å²) in [6.45, 7) is 5.33. The maximum Gasteiger partial charge on any atom is 0.123 e. The van der Waals surface area contributed by atoms with Gasteiger partial charge >= 0.3 is 0 Å².